The molecule has 2 aliphatic heterocycles. The lowest BCUT2D eigenvalue weighted by molar-refractivity contribution is -0.144. The van der Waals surface area contributed by atoms with Crippen LogP contribution in [0.15, 0.2) is 0 Å². The van der Waals surface area contributed by atoms with Gasteiger partial charge in [0.1, 0.15) is 6.04 Å². The first-order valence-corrected chi connectivity index (χ1v) is 6.85. The summed E-state index contributed by atoms with van der Waals surface area (Å²) in [7, 11) is 0. The summed E-state index contributed by atoms with van der Waals surface area (Å²) in [4.78, 5) is 38.3. The van der Waals surface area contributed by atoms with E-state index in [4.69, 9.17) is 5.11 Å². The third-order valence-corrected chi connectivity index (χ3v) is 4.01. The molecule has 0 saturated carbocycles. The fraction of sp³-hybridized carbons (Fsp3) is 0.769. The van der Waals surface area contributed by atoms with Crippen LogP contribution in [0.2, 0.25) is 0 Å². The van der Waals surface area contributed by atoms with Crippen molar-refractivity contribution in [1.82, 2.24) is 9.80 Å². The third kappa shape index (κ3) is 3.23. The highest BCUT2D eigenvalue weighted by Crippen LogP contribution is 2.22. The van der Waals surface area contributed by atoms with Gasteiger partial charge in [-0.3, -0.25) is 14.4 Å². The van der Waals surface area contributed by atoms with Gasteiger partial charge in [-0.15, -0.1) is 12.4 Å². The Morgan fingerprint density at radius 2 is 2.10 bits per heavy atom. The zero-order valence-electron chi connectivity index (χ0n) is 11.6. The second-order valence-electron chi connectivity index (χ2n) is 5.22. The molecule has 0 aromatic rings. The number of nitrogens with zero attached hydrogens (tertiary/aromatic N) is 2. The van der Waals surface area contributed by atoms with E-state index in [1.807, 2.05) is 6.92 Å². The first kappa shape index (κ1) is 16.8. The zero-order valence-corrected chi connectivity index (χ0v) is 12.4. The molecule has 2 aliphatic rings. The average Bonchev–Trinajstić information content (AvgIpc) is 3.00. The van der Waals surface area contributed by atoms with Gasteiger partial charge in [0.05, 0.1) is 5.92 Å². The summed E-state index contributed by atoms with van der Waals surface area (Å²) in [5.41, 5.74) is 0. The van der Waals surface area contributed by atoms with E-state index >= 15 is 0 Å². The van der Waals surface area contributed by atoms with Crippen molar-refractivity contribution < 1.29 is 19.5 Å². The molecule has 0 aliphatic carbocycles. The van der Waals surface area contributed by atoms with Gasteiger partial charge < -0.3 is 14.9 Å². The van der Waals surface area contributed by atoms with E-state index in [0.29, 0.717) is 32.4 Å². The molecular weight excluding hydrogens is 284 g/mol. The van der Waals surface area contributed by atoms with Crippen molar-refractivity contribution in [2.75, 3.05) is 19.6 Å². The molecule has 2 fully saturated rings. The van der Waals surface area contributed by atoms with Crippen molar-refractivity contribution in [3.8, 4) is 0 Å². The first-order chi connectivity index (χ1) is 9.04. The summed E-state index contributed by atoms with van der Waals surface area (Å²) >= 11 is 0. The molecule has 2 rings (SSSR count). The molecule has 0 radical (unpaired) electrons. The van der Waals surface area contributed by atoms with E-state index in [1.54, 1.807) is 9.80 Å². The van der Waals surface area contributed by atoms with Gasteiger partial charge in [-0.1, -0.05) is 6.92 Å². The van der Waals surface area contributed by atoms with Crippen molar-refractivity contribution >= 4 is 30.2 Å². The minimum atomic E-state index is -0.847. The Morgan fingerprint density at radius 1 is 1.40 bits per heavy atom. The summed E-state index contributed by atoms with van der Waals surface area (Å²) < 4.78 is 0. The predicted molar refractivity (Wildman–Crippen MR) is 74.6 cm³/mol. The summed E-state index contributed by atoms with van der Waals surface area (Å²) in [6, 6.07) is -0.414. The maximum Gasteiger partial charge on any atom is 0.308 e. The molecule has 0 bridgehead atoms. The Labute approximate surface area is 124 Å². The van der Waals surface area contributed by atoms with Crippen molar-refractivity contribution in [3.63, 3.8) is 0 Å². The van der Waals surface area contributed by atoms with Crippen LogP contribution >= 0.6 is 12.4 Å². The highest BCUT2D eigenvalue weighted by molar-refractivity contribution is 5.89. The minimum absolute atomic E-state index is 0. The fourth-order valence-electron chi connectivity index (χ4n) is 2.90. The first-order valence-electron chi connectivity index (χ1n) is 6.85. The summed E-state index contributed by atoms with van der Waals surface area (Å²) in [5.74, 6) is -1.37. The molecule has 2 amide bonds. The molecule has 7 heteroatoms. The molecule has 20 heavy (non-hydrogen) atoms. The number of likely N-dealkylation sites (tertiary alicyclic amines) is 2. The van der Waals surface area contributed by atoms with Crippen LogP contribution in [0.4, 0.5) is 0 Å². The third-order valence-electron chi connectivity index (χ3n) is 4.01. The normalized spacial score (nSPS) is 23.6. The lowest BCUT2D eigenvalue weighted by Crippen LogP contribution is -2.48. The van der Waals surface area contributed by atoms with E-state index < -0.39 is 17.9 Å². The number of carboxylic acid groups (broad SMARTS) is 1. The molecule has 0 spiro atoms. The molecule has 0 aromatic carbocycles. The van der Waals surface area contributed by atoms with E-state index in [-0.39, 0.29) is 30.8 Å². The highest BCUT2D eigenvalue weighted by atomic mass is 35.5. The largest absolute Gasteiger partial charge is 0.481 e. The van der Waals surface area contributed by atoms with Gasteiger partial charge in [0.2, 0.25) is 11.8 Å². The summed E-state index contributed by atoms with van der Waals surface area (Å²) in [5, 5.41) is 8.96. The Bertz CT molecular complexity index is 402. The molecule has 1 N–H and O–H groups in total. The van der Waals surface area contributed by atoms with Gasteiger partial charge in [0.25, 0.3) is 0 Å². The van der Waals surface area contributed by atoms with Crippen LogP contribution in [-0.4, -0.2) is 58.4 Å². The van der Waals surface area contributed by atoms with Gasteiger partial charge >= 0.3 is 5.97 Å². The van der Waals surface area contributed by atoms with Crippen LogP contribution in [-0.2, 0) is 14.4 Å². The van der Waals surface area contributed by atoms with Gasteiger partial charge in [-0.2, -0.15) is 0 Å². The van der Waals surface area contributed by atoms with Crippen molar-refractivity contribution in [3.05, 3.63) is 0 Å². The number of halogens is 1. The molecule has 2 heterocycles. The van der Waals surface area contributed by atoms with Gasteiger partial charge in [-0.25, -0.2) is 0 Å². The van der Waals surface area contributed by atoms with Gasteiger partial charge in [0, 0.05) is 26.1 Å². The van der Waals surface area contributed by atoms with Crippen LogP contribution in [0.1, 0.15) is 32.6 Å². The second-order valence-corrected chi connectivity index (χ2v) is 5.22. The van der Waals surface area contributed by atoms with E-state index in [0.717, 1.165) is 6.42 Å². The van der Waals surface area contributed by atoms with Gasteiger partial charge in [-0.05, 0) is 19.3 Å². The lowest BCUT2D eigenvalue weighted by atomic mass is 10.1. The monoisotopic (exact) mass is 304 g/mol. The number of carbonyl (C=O) groups is 3. The maximum atomic E-state index is 12.4. The van der Waals surface area contributed by atoms with Crippen molar-refractivity contribution in [2.45, 2.75) is 38.6 Å². The molecule has 2 saturated heterocycles. The summed E-state index contributed by atoms with van der Waals surface area (Å²) in [6.07, 6.45) is 2.41. The smallest absolute Gasteiger partial charge is 0.308 e. The summed E-state index contributed by atoms with van der Waals surface area (Å²) in [6.45, 7) is 3.28. The Balaban J connectivity index is 0.00000200. The molecule has 2 atom stereocenters. The quantitative estimate of drug-likeness (QED) is 0.831. The Morgan fingerprint density at radius 3 is 2.55 bits per heavy atom. The predicted octanol–water partition coefficient (Wildman–Crippen LogP) is 0.742. The molecule has 6 nitrogen and oxygen atoms in total. The van der Waals surface area contributed by atoms with E-state index in [9.17, 15) is 14.4 Å². The topological polar surface area (TPSA) is 77.9 Å². The minimum Gasteiger partial charge on any atom is -0.481 e. The van der Waals surface area contributed by atoms with Crippen molar-refractivity contribution in [2.24, 2.45) is 5.92 Å². The van der Waals surface area contributed by atoms with Crippen LogP contribution in [0.25, 0.3) is 0 Å². The zero-order chi connectivity index (χ0) is 14.0. The molecule has 2 unspecified atom stereocenters. The van der Waals surface area contributed by atoms with E-state index in [2.05, 4.69) is 0 Å². The van der Waals surface area contributed by atoms with Crippen LogP contribution < -0.4 is 0 Å². The van der Waals surface area contributed by atoms with Crippen LogP contribution in [0, 0.1) is 5.92 Å². The Kier molecular flexibility index (Phi) is 5.80. The van der Waals surface area contributed by atoms with Crippen LogP contribution in [0.5, 0.6) is 0 Å². The SMILES string of the molecule is CCC(C(=O)N1CCC(C(=O)O)C1)N1CCCC1=O.Cl. The lowest BCUT2D eigenvalue weighted by Gasteiger charge is -2.29. The highest BCUT2D eigenvalue weighted by Gasteiger charge is 2.38. The van der Waals surface area contributed by atoms with E-state index in [1.165, 1.54) is 0 Å². The number of carbonyl (C=O) groups excluding carboxylic acids is 2. The molecule has 0 aromatic heterocycles. The Hall–Kier alpha value is -1.30. The second kappa shape index (κ2) is 6.92. The fourth-order valence-corrected chi connectivity index (χ4v) is 2.90. The standard InChI is InChI=1S/C13H20N2O4.ClH/c1-2-10(15-6-3-4-11(15)16)12(17)14-7-5-9(8-14)13(18)19;/h9-10H,2-8H2,1H3,(H,18,19);1H. The van der Waals surface area contributed by atoms with Gasteiger partial charge in [0.15, 0.2) is 0 Å². The molecular formula is C13H21ClN2O4. The molecule has 114 valence electrons. The van der Waals surface area contributed by atoms with Crippen LogP contribution in [0.3, 0.4) is 0 Å². The number of rotatable bonds is 4. The maximum absolute atomic E-state index is 12.4. The number of hydrogen-bond acceptors (Lipinski definition) is 3. The average molecular weight is 305 g/mol. The number of amides is 2. The number of aliphatic carboxylic acids is 1. The number of hydrogen-bond donors (Lipinski definition) is 1. The van der Waals surface area contributed by atoms with Crippen molar-refractivity contribution in [1.29, 1.82) is 0 Å². The number of carboxylic acids is 1.